The molecule has 0 aliphatic rings. The Balaban J connectivity index is 2.95. The maximum Gasteiger partial charge on any atom is 0.142 e. The number of ether oxygens (including phenoxy) is 1. The zero-order valence-corrected chi connectivity index (χ0v) is 9.94. The lowest BCUT2D eigenvalue weighted by atomic mass is 10.1. The van der Waals surface area contributed by atoms with E-state index in [1.54, 1.807) is 7.05 Å². The SMILES string of the molecule is CCOCC(NC)c1cc(F)c(Cl)cc1F. The van der Waals surface area contributed by atoms with E-state index >= 15 is 0 Å². The number of hydrogen-bond donors (Lipinski definition) is 1. The van der Waals surface area contributed by atoms with Crippen LogP contribution in [-0.2, 0) is 4.74 Å². The first-order chi connectivity index (χ1) is 7.60. The van der Waals surface area contributed by atoms with E-state index in [1.165, 1.54) is 0 Å². The third kappa shape index (κ3) is 3.14. The summed E-state index contributed by atoms with van der Waals surface area (Å²) in [6.45, 7) is 2.65. The predicted molar refractivity (Wildman–Crippen MR) is 59.7 cm³/mol. The molecule has 1 atom stereocenters. The van der Waals surface area contributed by atoms with Crippen molar-refractivity contribution in [3.05, 3.63) is 34.4 Å². The molecule has 0 aromatic heterocycles. The van der Waals surface area contributed by atoms with Gasteiger partial charge in [-0.3, -0.25) is 0 Å². The molecule has 2 nitrogen and oxygen atoms in total. The van der Waals surface area contributed by atoms with E-state index in [2.05, 4.69) is 5.32 Å². The first kappa shape index (κ1) is 13.4. The van der Waals surface area contributed by atoms with E-state index in [9.17, 15) is 8.78 Å². The Kier molecular flexibility index (Phi) is 5.12. The smallest absolute Gasteiger partial charge is 0.142 e. The van der Waals surface area contributed by atoms with Gasteiger partial charge in [0.25, 0.3) is 0 Å². The molecule has 0 saturated heterocycles. The van der Waals surface area contributed by atoms with E-state index in [-0.39, 0.29) is 23.2 Å². The second-order valence-electron chi connectivity index (χ2n) is 3.29. The van der Waals surface area contributed by atoms with Crippen molar-refractivity contribution in [2.75, 3.05) is 20.3 Å². The van der Waals surface area contributed by atoms with E-state index in [1.807, 2.05) is 6.92 Å². The van der Waals surface area contributed by atoms with Crippen molar-refractivity contribution in [2.45, 2.75) is 13.0 Å². The molecule has 1 N–H and O–H groups in total. The first-order valence-electron chi connectivity index (χ1n) is 4.99. The third-order valence-corrected chi connectivity index (χ3v) is 2.54. The number of rotatable bonds is 5. The summed E-state index contributed by atoms with van der Waals surface area (Å²) >= 11 is 5.47. The van der Waals surface area contributed by atoms with Gasteiger partial charge in [0.1, 0.15) is 11.6 Å². The van der Waals surface area contributed by atoms with Crippen LogP contribution in [0.2, 0.25) is 5.02 Å². The van der Waals surface area contributed by atoms with Gasteiger partial charge in [-0.25, -0.2) is 8.78 Å². The lowest BCUT2D eigenvalue weighted by molar-refractivity contribution is 0.124. The van der Waals surface area contributed by atoms with Crippen LogP contribution in [0.1, 0.15) is 18.5 Å². The van der Waals surface area contributed by atoms with Gasteiger partial charge in [0.2, 0.25) is 0 Å². The van der Waals surface area contributed by atoms with Crippen molar-refractivity contribution in [3.63, 3.8) is 0 Å². The summed E-state index contributed by atoms with van der Waals surface area (Å²) in [4.78, 5) is 0. The van der Waals surface area contributed by atoms with Crippen LogP contribution in [0, 0.1) is 11.6 Å². The highest BCUT2D eigenvalue weighted by molar-refractivity contribution is 6.30. The van der Waals surface area contributed by atoms with Gasteiger partial charge in [-0.1, -0.05) is 11.6 Å². The summed E-state index contributed by atoms with van der Waals surface area (Å²) in [6, 6.07) is 1.69. The molecule has 0 spiro atoms. The Morgan fingerprint density at radius 2 is 2.06 bits per heavy atom. The van der Waals surface area contributed by atoms with Crippen LogP contribution in [0.5, 0.6) is 0 Å². The number of benzene rings is 1. The average Bonchev–Trinajstić information content (AvgIpc) is 2.26. The Hall–Kier alpha value is -0.710. The van der Waals surface area contributed by atoms with Gasteiger partial charge in [0.15, 0.2) is 0 Å². The minimum Gasteiger partial charge on any atom is -0.380 e. The summed E-state index contributed by atoms with van der Waals surface area (Å²) in [6.07, 6.45) is 0. The molecule has 1 aromatic carbocycles. The lowest BCUT2D eigenvalue weighted by Crippen LogP contribution is -2.23. The molecule has 0 heterocycles. The highest BCUT2D eigenvalue weighted by Gasteiger charge is 2.16. The fourth-order valence-corrected chi connectivity index (χ4v) is 1.52. The molecule has 1 aromatic rings. The van der Waals surface area contributed by atoms with Crippen molar-refractivity contribution in [1.82, 2.24) is 5.32 Å². The van der Waals surface area contributed by atoms with Crippen molar-refractivity contribution < 1.29 is 13.5 Å². The van der Waals surface area contributed by atoms with Crippen LogP contribution in [0.4, 0.5) is 8.78 Å². The standard InChI is InChI=1S/C11H14ClF2NO/c1-3-16-6-11(15-2)7-4-10(14)8(12)5-9(7)13/h4-5,11,15H,3,6H2,1-2H3. The summed E-state index contributed by atoms with van der Waals surface area (Å²) in [5.41, 5.74) is 0.220. The maximum atomic E-state index is 13.5. The summed E-state index contributed by atoms with van der Waals surface area (Å²) < 4.78 is 31.9. The van der Waals surface area contributed by atoms with E-state index < -0.39 is 11.6 Å². The fourth-order valence-electron chi connectivity index (χ4n) is 1.37. The van der Waals surface area contributed by atoms with Gasteiger partial charge in [-0.05, 0) is 26.1 Å². The minimum absolute atomic E-state index is 0.215. The van der Waals surface area contributed by atoms with E-state index in [4.69, 9.17) is 16.3 Å². The zero-order chi connectivity index (χ0) is 12.1. The molecular formula is C11H14ClF2NO. The van der Waals surface area contributed by atoms with Gasteiger partial charge < -0.3 is 10.1 Å². The molecule has 1 unspecified atom stereocenters. The van der Waals surface area contributed by atoms with Crippen molar-refractivity contribution in [3.8, 4) is 0 Å². The lowest BCUT2D eigenvalue weighted by Gasteiger charge is -2.17. The molecule has 90 valence electrons. The molecule has 0 aliphatic heterocycles. The highest BCUT2D eigenvalue weighted by atomic mass is 35.5. The predicted octanol–water partition coefficient (Wildman–Crippen LogP) is 2.92. The van der Waals surface area contributed by atoms with Crippen LogP contribution in [0.25, 0.3) is 0 Å². The van der Waals surface area contributed by atoms with Crippen LogP contribution < -0.4 is 5.32 Å². The summed E-state index contributed by atoms with van der Waals surface area (Å²) in [5, 5.41) is 2.65. The average molecular weight is 250 g/mol. The van der Waals surface area contributed by atoms with Gasteiger partial charge in [0.05, 0.1) is 17.7 Å². The van der Waals surface area contributed by atoms with Crippen molar-refractivity contribution in [1.29, 1.82) is 0 Å². The Morgan fingerprint density at radius 1 is 1.38 bits per heavy atom. The number of halogens is 3. The molecule has 1 rings (SSSR count). The van der Waals surface area contributed by atoms with Crippen LogP contribution >= 0.6 is 11.6 Å². The summed E-state index contributed by atoms with van der Waals surface area (Å²) in [7, 11) is 1.66. The molecule has 16 heavy (non-hydrogen) atoms. The first-order valence-corrected chi connectivity index (χ1v) is 5.37. The Morgan fingerprint density at radius 3 is 2.62 bits per heavy atom. The molecule has 0 amide bonds. The number of hydrogen-bond acceptors (Lipinski definition) is 2. The monoisotopic (exact) mass is 249 g/mol. The third-order valence-electron chi connectivity index (χ3n) is 2.25. The normalized spacial score (nSPS) is 12.8. The Labute approximate surface area is 98.6 Å². The van der Waals surface area contributed by atoms with Crippen LogP contribution in [0.15, 0.2) is 12.1 Å². The molecule has 0 aliphatic carbocycles. The molecule has 0 bridgehead atoms. The highest BCUT2D eigenvalue weighted by Crippen LogP contribution is 2.24. The molecular weight excluding hydrogens is 236 g/mol. The molecule has 5 heteroatoms. The quantitative estimate of drug-likeness (QED) is 0.811. The number of likely N-dealkylation sites (N-methyl/N-ethyl adjacent to an activating group) is 1. The van der Waals surface area contributed by atoms with Crippen LogP contribution in [0.3, 0.4) is 0 Å². The topological polar surface area (TPSA) is 21.3 Å². The largest absolute Gasteiger partial charge is 0.380 e. The second-order valence-corrected chi connectivity index (χ2v) is 3.70. The maximum absolute atomic E-state index is 13.5. The summed E-state index contributed by atoms with van der Waals surface area (Å²) in [5.74, 6) is -1.17. The molecule has 0 fully saturated rings. The zero-order valence-electron chi connectivity index (χ0n) is 9.19. The van der Waals surface area contributed by atoms with Crippen molar-refractivity contribution >= 4 is 11.6 Å². The number of nitrogens with one attached hydrogen (secondary N) is 1. The van der Waals surface area contributed by atoms with Gasteiger partial charge in [0, 0.05) is 12.2 Å². The molecule has 0 radical (unpaired) electrons. The van der Waals surface area contributed by atoms with E-state index in [0.29, 0.717) is 6.61 Å². The van der Waals surface area contributed by atoms with Crippen molar-refractivity contribution in [2.24, 2.45) is 0 Å². The Bertz CT molecular complexity index is 360. The fraction of sp³-hybridized carbons (Fsp3) is 0.455. The van der Waals surface area contributed by atoms with Gasteiger partial charge in [-0.2, -0.15) is 0 Å². The second kappa shape index (κ2) is 6.13. The van der Waals surface area contributed by atoms with E-state index in [0.717, 1.165) is 12.1 Å². The van der Waals surface area contributed by atoms with Crippen LogP contribution in [-0.4, -0.2) is 20.3 Å². The molecule has 0 saturated carbocycles. The van der Waals surface area contributed by atoms with Gasteiger partial charge in [-0.15, -0.1) is 0 Å². The van der Waals surface area contributed by atoms with Gasteiger partial charge >= 0.3 is 0 Å². The minimum atomic E-state index is -0.630.